The van der Waals surface area contributed by atoms with Crippen LogP contribution in [0, 0.1) is 5.41 Å². The van der Waals surface area contributed by atoms with Crippen LogP contribution in [0.15, 0.2) is 0 Å². The molecule has 0 radical (unpaired) electrons. The van der Waals surface area contributed by atoms with Gasteiger partial charge in [0.15, 0.2) is 0 Å². The van der Waals surface area contributed by atoms with Crippen LogP contribution in [0.3, 0.4) is 0 Å². The summed E-state index contributed by atoms with van der Waals surface area (Å²) in [7, 11) is 0. The highest BCUT2D eigenvalue weighted by molar-refractivity contribution is 5.37. The first kappa shape index (κ1) is 8.44. The van der Waals surface area contributed by atoms with Crippen LogP contribution in [-0.2, 0) is 4.74 Å². The maximum absolute atomic E-state index is 9.98. The molecule has 2 fully saturated rings. The van der Waals surface area contributed by atoms with Crippen LogP contribution >= 0.6 is 0 Å². The van der Waals surface area contributed by atoms with Crippen LogP contribution in [0.25, 0.3) is 0 Å². The van der Waals surface area contributed by atoms with Gasteiger partial charge in [0.2, 0.25) is 0 Å². The molecule has 1 aliphatic heterocycles. The Morgan fingerprint density at radius 2 is 2.00 bits per heavy atom. The standard InChI is InChI=1S/C8H14O4/c1-6(2)7(10)4-12-5(3-9)8(6,7)11/h5,9-11H,3-4H2,1-2H3/t5-,7-,8+/m1/s1. The predicted octanol–water partition coefficient (Wildman–Crippen LogP) is -1.12. The van der Waals surface area contributed by atoms with E-state index in [1.165, 1.54) is 0 Å². The van der Waals surface area contributed by atoms with E-state index < -0.39 is 22.7 Å². The number of hydrogen-bond donors (Lipinski definition) is 3. The van der Waals surface area contributed by atoms with Crippen LogP contribution in [0.2, 0.25) is 0 Å². The van der Waals surface area contributed by atoms with E-state index in [4.69, 9.17) is 9.84 Å². The number of ether oxygens (including phenoxy) is 1. The van der Waals surface area contributed by atoms with Gasteiger partial charge in [-0.05, 0) is 0 Å². The summed E-state index contributed by atoms with van der Waals surface area (Å²) in [6.07, 6.45) is -0.641. The van der Waals surface area contributed by atoms with Crippen LogP contribution in [-0.4, -0.2) is 45.8 Å². The summed E-state index contributed by atoms with van der Waals surface area (Å²) in [6, 6.07) is 0. The smallest absolute Gasteiger partial charge is 0.132 e. The molecule has 0 bridgehead atoms. The van der Waals surface area contributed by atoms with E-state index in [2.05, 4.69) is 0 Å². The Labute approximate surface area is 70.8 Å². The van der Waals surface area contributed by atoms with E-state index in [1.54, 1.807) is 13.8 Å². The van der Waals surface area contributed by atoms with E-state index >= 15 is 0 Å². The quantitative estimate of drug-likeness (QED) is 0.471. The molecular formula is C8H14O4. The van der Waals surface area contributed by atoms with E-state index in [1.807, 2.05) is 0 Å². The van der Waals surface area contributed by atoms with Crippen molar-refractivity contribution in [2.75, 3.05) is 13.2 Å². The number of hydrogen-bond acceptors (Lipinski definition) is 4. The third kappa shape index (κ3) is 0.510. The molecule has 0 aromatic carbocycles. The van der Waals surface area contributed by atoms with Crippen LogP contribution in [0.5, 0.6) is 0 Å². The van der Waals surface area contributed by atoms with Crippen LogP contribution < -0.4 is 0 Å². The monoisotopic (exact) mass is 174 g/mol. The Hall–Kier alpha value is -0.160. The largest absolute Gasteiger partial charge is 0.394 e. The molecule has 0 aromatic heterocycles. The number of aliphatic hydroxyl groups excluding tert-OH is 1. The molecule has 2 rings (SSSR count). The Kier molecular flexibility index (Phi) is 1.30. The molecule has 70 valence electrons. The fourth-order valence-corrected chi connectivity index (χ4v) is 2.44. The third-order valence-electron chi connectivity index (χ3n) is 3.68. The van der Waals surface area contributed by atoms with Crippen molar-refractivity contribution in [2.24, 2.45) is 5.41 Å². The van der Waals surface area contributed by atoms with Crippen molar-refractivity contribution in [3.63, 3.8) is 0 Å². The van der Waals surface area contributed by atoms with Crippen molar-refractivity contribution in [1.82, 2.24) is 0 Å². The molecular weight excluding hydrogens is 160 g/mol. The molecule has 3 N–H and O–H groups in total. The molecule has 1 saturated heterocycles. The van der Waals surface area contributed by atoms with Crippen LogP contribution in [0.1, 0.15) is 13.8 Å². The maximum Gasteiger partial charge on any atom is 0.132 e. The molecule has 0 aromatic rings. The second-order valence-electron chi connectivity index (χ2n) is 4.23. The summed E-state index contributed by atoms with van der Waals surface area (Å²) >= 11 is 0. The Bertz CT molecular complexity index is 227. The lowest BCUT2D eigenvalue weighted by molar-refractivity contribution is -0.0608. The summed E-state index contributed by atoms with van der Waals surface area (Å²) in [4.78, 5) is 0. The Morgan fingerprint density at radius 3 is 2.25 bits per heavy atom. The lowest BCUT2D eigenvalue weighted by atomic mass is 10.0. The van der Waals surface area contributed by atoms with Gasteiger partial charge in [-0.25, -0.2) is 0 Å². The van der Waals surface area contributed by atoms with Gasteiger partial charge < -0.3 is 20.1 Å². The van der Waals surface area contributed by atoms with E-state index in [0.717, 1.165) is 0 Å². The van der Waals surface area contributed by atoms with Crippen molar-refractivity contribution < 1.29 is 20.1 Å². The Morgan fingerprint density at radius 1 is 1.42 bits per heavy atom. The fourth-order valence-electron chi connectivity index (χ4n) is 2.44. The number of fused-ring (bicyclic) bond motifs is 1. The number of aliphatic hydroxyl groups is 3. The highest BCUT2D eigenvalue weighted by Gasteiger charge is 2.88. The molecule has 1 saturated carbocycles. The van der Waals surface area contributed by atoms with E-state index in [-0.39, 0.29) is 13.2 Å². The van der Waals surface area contributed by atoms with Gasteiger partial charge in [0.1, 0.15) is 17.3 Å². The lowest BCUT2D eigenvalue weighted by Gasteiger charge is -2.20. The molecule has 2 aliphatic rings. The molecule has 3 atom stereocenters. The van der Waals surface area contributed by atoms with Crippen molar-refractivity contribution >= 4 is 0 Å². The zero-order valence-corrected chi connectivity index (χ0v) is 7.24. The first-order chi connectivity index (χ1) is 5.42. The number of rotatable bonds is 1. The first-order valence-electron chi connectivity index (χ1n) is 4.09. The highest BCUT2D eigenvalue weighted by atomic mass is 16.6. The van der Waals surface area contributed by atoms with E-state index in [0.29, 0.717) is 0 Å². The molecule has 1 heterocycles. The SMILES string of the molecule is CC1(C)[C@]2(O)CO[C@H](CO)[C@]12O. The molecule has 12 heavy (non-hydrogen) atoms. The zero-order chi connectivity index (χ0) is 9.20. The molecule has 0 spiro atoms. The van der Waals surface area contributed by atoms with Crippen molar-refractivity contribution in [3.05, 3.63) is 0 Å². The van der Waals surface area contributed by atoms with Gasteiger partial charge in [-0.1, -0.05) is 13.8 Å². The van der Waals surface area contributed by atoms with E-state index in [9.17, 15) is 10.2 Å². The fraction of sp³-hybridized carbons (Fsp3) is 1.00. The minimum Gasteiger partial charge on any atom is -0.394 e. The second kappa shape index (κ2) is 1.85. The summed E-state index contributed by atoms with van der Waals surface area (Å²) < 4.78 is 5.06. The van der Waals surface area contributed by atoms with Gasteiger partial charge >= 0.3 is 0 Å². The third-order valence-corrected chi connectivity index (χ3v) is 3.68. The average molecular weight is 174 g/mol. The molecule has 1 aliphatic carbocycles. The van der Waals surface area contributed by atoms with Gasteiger partial charge in [-0.3, -0.25) is 0 Å². The summed E-state index contributed by atoms with van der Waals surface area (Å²) in [5.41, 5.74) is -2.98. The zero-order valence-electron chi connectivity index (χ0n) is 7.24. The molecule has 0 amide bonds. The van der Waals surface area contributed by atoms with Crippen molar-refractivity contribution in [2.45, 2.75) is 31.2 Å². The minimum absolute atomic E-state index is 0.113. The van der Waals surface area contributed by atoms with Crippen LogP contribution in [0.4, 0.5) is 0 Å². The molecule has 4 nitrogen and oxygen atoms in total. The average Bonchev–Trinajstić information content (AvgIpc) is 2.26. The molecule has 4 heteroatoms. The van der Waals surface area contributed by atoms with Gasteiger partial charge in [-0.2, -0.15) is 0 Å². The van der Waals surface area contributed by atoms with Gasteiger partial charge in [0.05, 0.1) is 13.2 Å². The summed E-state index contributed by atoms with van der Waals surface area (Å²) in [5.74, 6) is 0. The summed E-state index contributed by atoms with van der Waals surface area (Å²) in [5, 5.41) is 28.7. The minimum atomic E-state index is -1.26. The Balaban J connectivity index is 2.34. The topological polar surface area (TPSA) is 69.9 Å². The predicted molar refractivity (Wildman–Crippen MR) is 40.5 cm³/mol. The maximum atomic E-state index is 9.98. The summed E-state index contributed by atoms with van der Waals surface area (Å²) in [6.45, 7) is 3.42. The van der Waals surface area contributed by atoms with Gasteiger partial charge in [-0.15, -0.1) is 0 Å². The highest BCUT2D eigenvalue weighted by Crippen LogP contribution is 2.70. The van der Waals surface area contributed by atoms with Gasteiger partial charge in [0.25, 0.3) is 0 Å². The normalized spacial score (nSPS) is 55.2. The lowest BCUT2D eigenvalue weighted by Crippen LogP contribution is -2.36. The molecule has 0 unspecified atom stereocenters. The van der Waals surface area contributed by atoms with Crippen molar-refractivity contribution in [1.29, 1.82) is 0 Å². The van der Waals surface area contributed by atoms with Gasteiger partial charge in [0, 0.05) is 5.41 Å². The second-order valence-corrected chi connectivity index (χ2v) is 4.23. The first-order valence-corrected chi connectivity index (χ1v) is 4.09. The van der Waals surface area contributed by atoms with Crippen molar-refractivity contribution in [3.8, 4) is 0 Å².